The first-order chi connectivity index (χ1) is 9.78. The molecule has 0 aliphatic rings. The molecule has 0 saturated carbocycles. The molecule has 1 aromatic heterocycles. The first-order valence-corrected chi connectivity index (χ1v) is 6.56. The Hall–Kier alpha value is -2.26. The molecule has 0 radical (unpaired) electrons. The number of hydrogen-bond donors (Lipinski definition) is 1. The van der Waals surface area contributed by atoms with Gasteiger partial charge in [-0.15, -0.1) is 0 Å². The molecule has 0 aliphatic heterocycles. The Balaban J connectivity index is 2.04. The number of fused-ring (bicyclic) bond motifs is 1. The minimum Gasteiger partial charge on any atom is -0.316 e. The van der Waals surface area contributed by atoms with Gasteiger partial charge >= 0.3 is 0 Å². The van der Waals surface area contributed by atoms with Gasteiger partial charge < -0.3 is 5.32 Å². The van der Waals surface area contributed by atoms with Gasteiger partial charge in [-0.2, -0.15) is 0 Å². The van der Waals surface area contributed by atoms with E-state index in [-0.39, 0.29) is 5.82 Å². The van der Waals surface area contributed by atoms with E-state index < -0.39 is 0 Å². The SMILES string of the molecule is CNCc1ccc(-c2ccc3ncccc3c2)cc1F. The number of rotatable bonds is 3. The summed E-state index contributed by atoms with van der Waals surface area (Å²) >= 11 is 0. The molecular weight excluding hydrogens is 251 g/mol. The molecule has 0 unspecified atom stereocenters. The summed E-state index contributed by atoms with van der Waals surface area (Å²) in [6.45, 7) is 0.535. The highest BCUT2D eigenvalue weighted by atomic mass is 19.1. The smallest absolute Gasteiger partial charge is 0.128 e. The predicted molar refractivity (Wildman–Crippen MR) is 79.9 cm³/mol. The van der Waals surface area contributed by atoms with Gasteiger partial charge in [-0.05, 0) is 42.4 Å². The van der Waals surface area contributed by atoms with E-state index in [4.69, 9.17) is 0 Å². The molecule has 0 atom stereocenters. The summed E-state index contributed by atoms with van der Waals surface area (Å²) in [6, 6.07) is 15.3. The molecule has 0 bridgehead atoms. The standard InChI is InChI=1S/C17H15FN2/c1-19-11-15-5-4-13(10-16(15)18)12-6-7-17-14(9-12)3-2-8-20-17/h2-10,19H,11H2,1H3. The molecule has 3 heteroatoms. The normalized spacial score (nSPS) is 10.9. The van der Waals surface area contributed by atoms with E-state index in [1.807, 2.05) is 49.5 Å². The zero-order chi connectivity index (χ0) is 13.9. The minimum atomic E-state index is -0.178. The first-order valence-electron chi connectivity index (χ1n) is 6.56. The lowest BCUT2D eigenvalue weighted by Crippen LogP contribution is -2.06. The Kier molecular flexibility index (Phi) is 3.44. The van der Waals surface area contributed by atoms with Gasteiger partial charge in [0.2, 0.25) is 0 Å². The lowest BCUT2D eigenvalue weighted by Gasteiger charge is -2.07. The van der Waals surface area contributed by atoms with E-state index in [1.54, 1.807) is 12.3 Å². The van der Waals surface area contributed by atoms with Crippen LogP contribution in [0.25, 0.3) is 22.0 Å². The van der Waals surface area contributed by atoms with Gasteiger partial charge in [0, 0.05) is 23.7 Å². The highest BCUT2D eigenvalue weighted by Crippen LogP contribution is 2.25. The Morgan fingerprint density at radius 2 is 1.85 bits per heavy atom. The maximum Gasteiger partial charge on any atom is 0.128 e. The van der Waals surface area contributed by atoms with Gasteiger partial charge in [0.15, 0.2) is 0 Å². The van der Waals surface area contributed by atoms with E-state index in [1.165, 1.54) is 0 Å². The molecule has 3 rings (SSSR count). The minimum absolute atomic E-state index is 0.178. The number of aromatic nitrogens is 1. The molecule has 0 saturated heterocycles. The molecule has 0 aliphatic carbocycles. The fraction of sp³-hybridized carbons (Fsp3) is 0.118. The first kappa shape index (κ1) is 12.8. The van der Waals surface area contributed by atoms with Crippen molar-refractivity contribution in [1.82, 2.24) is 10.3 Å². The molecule has 100 valence electrons. The summed E-state index contributed by atoms with van der Waals surface area (Å²) in [4.78, 5) is 4.29. The number of nitrogens with one attached hydrogen (secondary N) is 1. The fourth-order valence-corrected chi connectivity index (χ4v) is 2.32. The average Bonchev–Trinajstić information content (AvgIpc) is 2.49. The number of pyridine rings is 1. The monoisotopic (exact) mass is 266 g/mol. The van der Waals surface area contributed by atoms with Crippen molar-refractivity contribution < 1.29 is 4.39 Å². The van der Waals surface area contributed by atoms with E-state index in [2.05, 4.69) is 10.3 Å². The molecule has 2 nitrogen and oxygen atoms in total. The van der Waals surface area contributed by atoms with Crippen LogP contribution in [-0.2, 0) is 6.54 Å². The van der Waals surface area contributed by atoms with Crippen LogP contribution in [0.2, 0.25) is 0 Å². The number of halogens is 1. The second-order valence-corrected chi connectivity index (χ2v) is 4.75. The average molecular weight is 266 g/mol. The van der Waals surface area contributed by atoms with Gasteiger partial charge in [0.05, 0.1) is 5.52 Å². The van der Waals surface area contributed by atoms with E-state index >= 15 is 0 Å². The third-order valence-corrected chi connectivity index (χ3v) is 3.36. The van der Waals surface area contributed by atoms with Gasteiger partial charge in [0.1, 0.15) is 5.82 Å². The van der Waals surface area contributed by atoms with Crippen molar-refractivity contribution in [2.45, 2.75) is 6.54 Å². The molecule has 3 aromatic rings. The van der Waals surface area contributed by atoms with Gasteiger partial charge in [-0.25, -0.2) is 4.39 Å². The van der Waals surface area contributed by atoms with Crippen LogP contribution in [0.5, 0.6) is 0 Å². The second-order valence-electron chi connectivity index (χ2n) is 4.75. The summed E-state index contributed by atoms with van der Waals surface area (Å²) < 4.78 is 14.0. The maximum atomic E-state index is 14.0. The third-order valence-electron chi connectivity index (χ3n) is 3.36. The van der Waals surface area contributed by atoms with Crippen molar-refractivity contribution in [2.24, 2.45) is 0 Å². The van der Waals surface area contributed by atoms with Crippen molar-refractivity contribution in [3.63, 3.8) is 0 Å². The molecule has 1 heterocycles. The van der Waals surface area contributed by atoms with Crippen molar-refractivity contribution in [2.75, 3.05) is 7.05 Å². The summed E-state index contributed by atoms with van der Waals surface area (Å²) in [6.07, 6.45) is 1.77. The lowest BCUT2D eigenvalue weighted by molar-refractivity contribution is 0.601. The molecule has 0 amide bonds. The number of benzene rings is 2. The largest absolute Gasteiger partial charge is 0.316 e. The van der Waals surface area contributed by atoms with Gasteiger partial charge in [-0.1, -0.05) is 24.3 Å². The second kappa shape index (κ2) is 5.39. The summed E-state index contributed by atoms with van der Waals surface area (Å²) in [7, 11) is 1.81. The number of nitrogens with zero attached hydrogens (tertiary/aromatic N) is 1. The molecule has 1 N–H and O–H groups in total. The Labute approximate surface area is 117 Å². The summed E-state index contributed by atoms with van der Waals surface area (Å²) in [5, 5.41) is 4.02. The number of hydrogen-bond acceptors (Lipinski definition) is 2. The zero-order valence-electron chi connectivity index (χ0n) is 11.2. The van der Waals surface area contributed by atoms with Crippen LogP contribution in [0.4, 0.5) is 4.39 Å². The van der Waals surface area contributed by atoms with Crippen LogP contribution in [0.1, 0.15) is 5.56 Å². The molecule has 0 spiro atoms. The van der Waals surface area contributed by atoms with Crippen LogP contribution >= 0.6 is 0 Å². The van der Waals surface area contributed by atoms with Gasteiger partial charge in [-0.3, -0.25) is 4.98 Å². The fourth-order valence-electron chi connectivity index (χ4n) is 2.32. The molecule has 2 aromatic carbocycles. The van der Waals surface area contributed by atoms with Crippen molar-refractivity contribution in [3.05, 3.63) is 66.1 Å². The Morgan fingerprint density at radius 1 is 1.05 bits per heavy atom. The lowest BCUT2D eigenvalue weighted by atomic mass is 10.0. The van der Waals surface area contributed by atoms with Crippen molar-refractivity contribution in [1.29, 1.82) is 0 Å². The summed E-state index contributed by atoms with van der Waals surface area (Å²) in [5.74, 6) is -0.178. The van der Waals surface area contributed by atoms with Crippen molar-refractivity contribution in [3.8, 4) is 11.1 Å². The van der Waals surface area contributed by atoms with Crippen LogP contribution in [0.15, 0.2) is 54.7 Å². The highest BCUT2D eigenvalue weighted by Gasteiger charge is 2.05. The maximum absolute atomic E-state index is 14.0. The third kappa shape index (κ3) is 2.40. The van der Waals surface area contributed by atoms with Gasteiger partial charge in [0.25, 0.3) is 0 Å². The Morgan fingerprint density at radius 3 is 2.65 bits per heavy atom. The van der Waals surface area contributed by atoms with E-state index in [9.17, 15) is 4.39 Å². The van der Waals surface area contributed by atoms with Crippen LogP contribution < -0.4 is 5.32 Å². The zero-order valence-corrected chi connectivity index (χ0v) is 11.2. The highest BCUT2D eigenvalue weighted by molar-refractivity contribution is 5.84. The van der Waals surface area contributed by atoms with E-state index in [0.717, 1.165) is 22.0 Å². The Bertz CT molecular complexity index is 753. The predicted octanol–water partition coefficient (Wildman–Crippen LogP) is 3.76. The molecule has 0 fully saturated rings. The van der Waals surface area contributed by atoms with Crippen molar-refractivity contribution >= 4 is 10.9 Å². The molecule has 20 heavy (non-hydrogen) atoms. The van der Waals surface area contributed by atoms with E-state index in [0.29, 0.717) is 12.1 Å². The molecular formula is C17H15FN2. The van der Waals surface area contributed by atoms with Crippen LogP contribution in [0, 0.1) is 5.82 Å². The summed E-state index contributed by atoms with van der Waals surface area (Å²) in [5.41, 5.74) is 3.51. The quantitative estimate of drug-likeness (QED) is 0.780. The van der Waals surface area contributed by atoms with Crippen LogP contribution in [-0.4, -0.2) is 12.0 Å². The topological polar surface area (TPSA) is 24.9 Å². The van der Waals surface area contributed by atoms with Crippen LogP contribution in [0.3, 0.4) is 0 Å².